The van der Waals surface area contributed by atoms with E-state index in [9.17, 15) is 4.39 Å². The lowest BCUT2D eigenvalue weighted by Gasteiger charge is -2.17. The minimum Gasteiger partial charge on any atom is -0.399 e. The predicted octanol–water partition coefficient (Wildman–Crippen LogP) is 3.69. The summed E-state index contributed by atoms with van der Waals surface area (Å²) in [6.45, 7) is 1.48. The number of nitrogens with two attached hydrogens (primary N) is 1. The molecule has 0 saturated heterocycles. The Kier molecular flexibility index (Phi) is 4.40. The van der Waals surface area contributed by atoms with E-state index in [2.05, 4.69) is 4.90 Å². The lowest BCUT2D eigenvalue weighted by molar-refractivity contribution is 0.319. The highest BCUT2D eigenvalue weighted by Crippen LogP contribution is 2.17. The molecule has 2 nitrogen and oxygen atoms in total. The van der Waals surface area contributed by atoms with Crippen LogP contribution in [0.15, 0.2) is 42.5 Å². The fourth-order valence-electron chi connectivity index (χ4n) is 2.01. The topological polar surface area (TPSA) is 29.3 Å². The molecule has 0 saturated carbocycles. The second kappa shape index (κ2) is 6.04. The van der Waals surface area contributed by atoms with Crippen LogP contribution >= 0.6 is 11.6 Å². The number of hydrogen-bond acceptors (Lipinski definition) is 2. The maximum atomic E-state index is 13.1. The quantitative estimate of drug-likeness (QED) is 0.864. The van der Waals surface area contributed by atoms with Crippen molar-refractivity contribution in [3.63, 3.8) is 0 Å². The zero-order valence-electron chi connectivity index (χ0n) is 10.7. The highest BCUT2D eigenvalue weighted by atomic mass is 35.5. The van der Waals surface area contributed by atoms with Gasteiger partial charge in [0.1, 0.15) is 5.82 Å². The summed E-state index contributed by atoms with van der Waals surface area (Å²) < 4.78 is 13.1. The second-order valence-corrected chi connectivity index (χ2v) is 5.07. The van der Waals surface area contributed by atoms with E-state index in [1.165, 1.54) is 6.07 Å². The predicted molar refractivity (Wildman–Crippen MR) is 77.4 cm³/mol. The number of halogens is 2. The third-order valence-electron chi connectivity index (χ3n) is 2.84. The van der Waals surface area contributed by atoms with Gasteiger partial charge < -0.3 is 5.73 Å². The van der Waals surface area contributed by atoms with Gasteiger partial charge in [0.25, 0.3) is 0 Å². The number of rotatable bonds is 4. The molecule has 19 heavy (non-hydrogen) atoms. The number of hydrogen-bond donors (Lipinski definition) is 1. The third kappa shape index (κ3) is 3.94. The van der Waals surface area contributed by atoms with Crippen molar-refractivity contribution >= 4 is 17.3 Å². The average Bonchev–Trinajstić information content (AvgIpc) is 2.34. The van der Waals surface area contributed by atoms with E-state index < -0.39 is 0 Å². The Hall–Kier alpha value is -1.58. The maximum Gasteiger partial charge on any atom is 0.141 e. The molecule has 0 heterocycles. The molecule has 0 bridgehead atoms. The van der Waals surface area contributed by atoms with Gasteiger partial charge in [0.15, 0.2) is 0 Å². The van der Waals surface area contributed by atoms with E-state index in [-0.39, 0.29) is 10.8 Å². The van der Waals surface area contributed by atoms with Crippen molar-refractivity contribution in [2.75, 3.05) is 12.8 Å². The van der Waals surface area contributed by atoms with Crippen molar-refractivity contribution in [3.8, 4) is 0 Å². The molecule has 0 aliphatic heterocycles. The Morgan fingerprint density at radius 1 is 1.11 bits per heavy atom. The smallest absolute Gasteiger partial charge is 0.141 e. The third-order valence-corrected chi connectivity index (χ3v) is 3.13. The first kappa shape index (κ1) is 13.8. The number of benzene rings is 2. The monoisotopic (exact) mass is 278 g/mol. The van der Waals surface area contributed by atoms with E-state index in [0.717, 1.165) is 23.4 Å². The van der Waals surface area contributed by atoms with Gasteiger partial charge in [-0.2, -0.15) is 0 Å². The number of nitrogen functional groups attached to an aromatic ring is 1. The molecule has 0 spiro atoms. The van der Waals surface area contributed by atoms with Crippen LogP contribution in [0.1, 0.15) is 11.1 Å². The van der Waals surface area contributed by atoms with E-state index in [4.69, 9.17) is 17.3 Å². The summed E-state index contributed by atoms with van der Waals surface area (Å²) in [7, 11) is 2.00. The molecule has 0 radical (unpaired) electrons. The van der Waals surface area contributed by atoms with Crippen molar-refractivity contribution in [1.82, 2.24) is 4.90 Å². The van der Waals surface area contributed by atoms with Crippen LogP contribution in [0, 0.1) is 5.82 Å². The normalized spacial score (nSPS) is 10.9. The molecule has 2 N–H and O–H groups in total. The van der Waals surface area contributed by atoms with E-state index in [1.807, 2.05) is 31.3 Å². The summed E-state index contributed by atoms with van der Waals surface area (Å²) in [5.41, 5.74) is 8.64. The SMILES string of the molecule is CN(Cc1cccc(N)c1)Cc1ccc(F)c(Cl)c1. The average molecular weight is 279 g/mol. The molecule has 4 heteroatoms. The summed E-state index contributed by atoms with van der Waals surface area (Å²) in [6, 6.07) is 12.6. The Bertz CT molecular complexity index is 572. The van der Waals surface area contributed by atoms with Crippen molar-refractivity contribution in [1.29, 1.82) is 0 Å². The Morgan fingerprint density at radius 3 is 2.42 bits per heavy atom. The zero-order valence-corrected chi connectivity index (χ0v) is 11.5. The largest absolute Gasteiger partial charge is 0.399 e. The fourth-order valence-corrected chi connectivity index (χ4v) is 2.21. The van der Waals surface area contributed by atoms with E-state index in [1.54, 1.807) is 12.1 Å². The number of anilines is 1. The highest BCUT2D eigenvalue weighted by molar-refractivity contribution is 6.30. The summed E-state index contributed by atoms with van der Waals surface area (Å²) in [5.74, 6) is -0.385. The first-order valence-electron chi connectivity index (χ1n) is 6.01. The van der Waals surface area contributed by atoms with Gasteiger partial charge in [0.05, 0.1) is 5.02 Å². The Morgan fingerprint density at radius 2 is 1.79 bits per heavy atom. The van der Waals surface area contributed by atoms with Crippen molar-refractivity contribution < 1.29 is 4.39 Å². The van der Waals surface area contributed by atoms with Crippen molar-refractivity contribution in [2.24, 2.45) is 0 Å². The fraction of sp³-hybridized carbons (Fsp3) is 0.200. The highest BCUT2D eigenvalue weighted by Gasteiger charge is 2.05. The molecule has 2 aromatic rings. The Labute approximate surface area is 117 Å². The molecular weight excluding hydrogens is 263 g/mol. The van der Waals surface area contributed by atoms with Crippen LogP contribution in [0.5, 0.6) is 0 Å². The minimum atomic E-state index is -0.385. The van der Waals surface area contributed by atoms with Gasteiger partial charge in [-0.15, -0.1) is 0 Å². The first-order valence-corrected chi connectivity index (χ1v) is 6.39. The maximum absolute atomic E-state index is 13.1. The zero-order chi connectivity index (χ0) is 13.8. The lowest BCUT2D eigenvalue weighted by Crippen LogP contribution is -2.17. The van der Waals surface area contributed by atoms with Gasteiger partial charge in [0, 0.05) is 18.8 Å². The molecule has 0 atom stereocenters. The molecule has 0 unspecified atom stereocenters. The molecule has 0 aromatic heterocycles. The van der Waals surface area contributed by atoms with Crippen LogP contribution < -0.4 is 5.73 Å². The van der Waals surface area contributed by atoms with Crippen LogP contribution in [-0.4, -0.2) is 11.9 Å². The summed E-state index contributed by atoms with van der Waals surface area (Å²) in [6.07, 6.45) is 0. The van der Waals surface area contributed by atoms with Gasteiger partial charge in [-0.1, -0.05) is 29.8 Å². The van der Waals surface area contributed by atoms with Crippen molar-refractivity contribution in [2.45, 2.75) is 13.1 Å². The Balaban J connectivity index is 2.01. The van der Waals surface area contributed by atoms with Gasteiger partial charge in [-0.3, -0.25) is 4.90 Å². The van der Waals surface area contributed by atoms with E-state index in [0.29, 0.717) is 6.54 Å². The van der Waals surface area contributed by atoms with E-state index >= 15 is 0 Å². The standard InChI is InChI=1S/C15H16ClFN2/c1-19(9-11-3-2-4-13(18)7-11)10-12-5-6-15(17)14(16)8-12/h2-8H,9-10,18H2,1H3. The summed E-state index contributed by atoms with van der Waals surface area (Å²) in [4.78, 5) is 2.12. The lowest BCUT2D eigenvalue weighted by atomic mass is 10.1. The molecule has 0 aliphatic rings. The molecule has 0 fully saturated rings. The second-order valence-electron chi connectivity index (χ2n) is 4.67. The molecule has 0 amide bonds. The summed E-state index contributed by atoms with van der Waals surface area (Å²) in [5, 5.41) is 0.162. The van der Waals surface area contributed by atoms with Crippen LogP contribution in [-0.2, 0) is 13.1 Å². The molecule has 100 valence electrons. The minimum absolute atomic E-state index is 0.162. The number of nitrogens with zero attached hydrogens (tertiary/aromatic N) is 1. The van der Waals surface area contributed by atoms with Crippen LogP contribution in [0.25, 0.3) is 0 Å². The molecule has 2 aromatic carbocycles. The molecule has 0 aliphatic carbocycles. The summed E-state index contributed by atoms with van der Waals surface area (Å²) >= 11 is 5.77. The van der Waals surface area contributed by atoms with Crippen LogP contribution in [0.3, 0.4) is 0 Å². The molecule has 2 rings (SSSR count). The van der Waals surface area contributed by atoms with Gasteiger partial charge >= 0.3 is 0 Å². The van der Waals surface area contributed by atoms with Gasteiger partial charge in [-0.05, 0) is 42.4 Å². The van der Waals surface area contributed by atoms with Crippen LogP contribution in [0.2, 0.25) is 5.02 Å². The first-order chi connectivity index (χ1) is 9.04. The van der Waals surface area contributed by atoms with Gasteiger partial charge in [-0.25, -0.2) is 4.39 Å². The van der Waals surface area contributed by atoms with Crippen molar-refractivity contribution in [3.05, 3.63) is 64.4 Å². The van der Waals surface area contributed by atoms with Crippen LogP contribution in [0.4, 0.5) is 10.1 Å². The van der Waals surface area contributed by atoms with Gasteiger partial charge in [0.2, 0.25) is 0 Å². The molecular formula is C15H16ClFN2.